The number of rotatable bonds is 4. The first-order valence-corrected chi connectivity index (χ1v) is 9.53. The van der Waals surface area contributed by atoms with E-state index in [2.05, 4.69) is 55.2 Å². The van der Waals surface area contributed by atoms with Crippen LogP contribution in [0, 0.1) is 0 Å². The van der Waals surface area contributed by atoms with Crippen molar-refractivity contribution < 1.29 is 4.79 Å². The second-order valence-electron chi connectivity index (χ2n) is 7.11. The average molecular weight is 376 g/mol. The molecule has 1 atom stereocenters. The van der Waals surface area contributed by atoms with Gasteiger partial charge in [0.2, 0.25) is 11.9 Å². The Morgan fingerprint density at radius 1 is 1.04 bits per heavy atom. The van der Waals surface area contributed by atoms with E-state index in [-0.39, 0.29) is 5.91 Å². The van der Waals surface area contributed by atoms with Crippen LogP contribution in [0.3, 0.4) is 0 Å². The van der Waals surface area contributed by atoms with Crippen molar-refractivity contribution in [1.82, 2.24) is 19.9 Å². The smallest absolute Gasteiger partial charge is 0.225 e. The van der Waals surface area contributed by atoms with Crippen LogP contribution in [-0.2, 0) is 4.79 Å². The minimum Gasteiger partial charge on any atom is -0.338 e. The predicted molar refractivity (Wildman–Crippen MR) is 110 cm³/mol. The molecule has 1 aromatic carbocycles. The van der Waals surface area contributed by atoms with Crippen molar-refractivity contribution >= 4 is 28.4 Å². The number of carbonyl (C=O) groups excluding carboxylic acids is 1. The Bertz CT molecular complexity index is 966. The molecule has 1 aliphatic heterocycles. The fourth-order valence-corrected chi connectivity index (χ4v) is 3.59. The molecule has 0 spiro atoms. The fraction of sp³-hybridized carbons (Fsp3) is 0.333. The Hall–Kier alpha value is -3.06. The molecular weight excluding hydrogens is 352 g/mol. The van der Waals surface area contributed by atoms with Crippen molar-refractivity contribution in [2.75, 3.05) is 36.4 Å². The molecule has 7 nitrogen and oxygen atoms in total. The van der Waals surface area contributed by atoms with E-state index < -0.39 is 0 Å². The predicted octanol–water partition coefficient (Wildman–Crippen LogP) is 2.87. The summed E-state index contributed by atoms with van der Waals surface area (Å²) in [5, 5.41) is 3.87. The topological polar surface area (TPSA) is 74.2 Å². The maximum absolute atomic E-state index is 11.1. The van der Waals surface area contributed by atoms with Crippen LogP contribution in [0.25, 0.3) is 10.9 Å². The summed E-state index contributed by atoms with van der Waals surface area (Å²) < 4.78 is 0. The van der Waals surface area contributed by atoms with Gasteiger partial charge in [-0.3, -0.25) is 14.7 Å². The van der Waals surface area contributed by atoms with Crippen LogP contribution in [0.4, 0.5) is 11.6 Å². The second-order valence-corrected chi connectivity index (χ2v) is 7.11. The minimum absolute atomic E-state index is 0.123. The van der Waals surface area contributed by atoms with E-state index in [0.29, 0.717) is 17.7 Å². The standard InChI is InChI=1S/C21H24N6O/c1-15(18-11-17-5-3-4-6-20(17)22-12-18)26-7-9-27(10-8-26)21-23-13-19(14-24-21)25-16(2)28/h3-6,11-15H,7-10H2,1-2H3,(H,25,28). The van der Waals surface area contributed by atoms with Gasteiger partial charge >= 0.3 is 0 Å². The molecule has 7 heteroatoms. The summed E-state index contributed by atoms with van der Waals surface area (Å²) in [6, 6.07) is 10.8. The highest BCUT2D eigenvalue weighted by molar-refractivity contribution is 5.88. The highest BCUT2D eigenvalue weighted by atomic mass is 16.1. The summed E-state index contributed by atoms with van der Waals surface area (Å²) in [6.45, 7) is 7.31. The van der Waals surface area contributed by atoms with Crippen LogP contribution in [0.5, 0.6) is 0 Å². The van der Waals surface area contributed by atoms with Crippen LogP contribution in [0.15, 0.2) is 48.9 Å². The molecule has 144 valence electrons. The lowest BCUT2D eigenvalue weighted by molar-refractivity contribution is -0.114. The van der Waals surface area contributed by atoms with Crippen molar-refractivity contribution in [1.29, 1.82) is 0 Å². The summed E-state index contributed by atoms with van der Waals surface area (Å²) in [4.78, 5) is 29.1. The number of carbonyl (C=O) groups is 1. The van der Waals surface area contributed by atoms with E-state index in [9.17, 15) is 4.79 Å². The van der Waals surface area contributed by atoms with Crippen molar-refractivity contribution in [3.63, 3.8) is 0 Å². The van der Waals surface area contributed by atoms with Crippen molar-refractivity contribution in [3.05, 3.63) is 54.5 Å². The summed E-state index contributed by atoms with van der Waals surface area (Å²) in [5.74, 6) is 0.580. The monoisotopic (exact) mass is 376 g/mol. The number of nitrogens with zero attached hydrogens (tertiary/aromatic N) is 5. The molecule has 1 unspecified atom stereocenters. The molecule has 1 aliphatic rings. The lowest BCUT2D eigenvalue weighted by Gasteiger charge is -2.38. The number of hydrogen-bond donors (Lipinski definition) is 1. The van der Waals surface area contributed by atoms with Gasteiger partial charge in [0.15, 0.2) is 0 Å². The van der Waals surface area contributed by atoms with E-state index in [1.165, 1.54) is 17.9 Å². The second kappa shape index (κ2) is 7.90. The van der Waals surface area contributed by atoms with E-state index in [1.807, 2.05) is 18.3 Å². The molecule has 28 heavy (non-hydrogen) atoms. The number of piperazine rings is 1. The van der Waals surface area contributed by atoms with Crippen molar-refractivity contribution in [2.24, 2.45) is 0 Å². The van der Waals surface area contributed by atoms with E-state index in [4.69, 9.17) is 0 Å². The Kier molecular flexibility index (Phi) is 5.16. The number of benzene rings is 1. The van der Waals surface area contributed by atoms with Gasteiger partial charge in [0.05, 0.1) is 23.6 Å². The number of para-hydroxylation sites is 1. The van der Waals surface area contributed by atoms with Gasteiger partial charge in [-0.2, -0.15) is 0 Å². The lowest BCUT2D eigenvalue weighted by Crippen LogP contribution is -2.47. The largest absolute Gasteiger partial charge is 0.338 e. The summed E-state index contributed by atoms with van der Waals surface area (Å²) in [6.07, 6.45) is 5.29. The number of amides is 1. The van der Waals surface area contributed by atoms with Crippen LogP contribution in [0.2, 0.25) is 0 Å². The summed E-state index contributed by atoms with van der Waals surface area (Å²) >= 11 is 0. The first kappa shape index (κ1) is 18.3. The molecule has 2 aromatic heterocycles. The highest BCUT2D eigenvalue weighted by Gasteiger charge is 2.23. The molecule has 1 N–H and O–H groups in total. The zero-order chi connectivity index (χ0) is 19.5. The van der Waals surface area contributed by atoms with Gasteiger partial charge in [-0.15, -0.1) is 0 Å². The van der Waals surface area contributed by atoms with Gasteiger partial charge in [0, 0.05) is 50.7 Å². The van der Waals surface area contributed by atoms with Gasteiger partial charge in [0.1, 0.15) is 0 Å². The normalized spacial score (nSPS) is 16.1. The number of fused-ring (bicyclic) bond motifs is 1. The number of aromatic nitrogens is 3. The molecule has 3 aromatic rings. The molecule has 1 saturated heterocycles. The zero-order valence-electron chi connectivity index (χ0n) is 16.2. The lowest BCUT2D eigenvalue weighted by atomic mass is 10.1. The SMILES string of the molecule is CC(=O)Nc1cnc(N2CCN(C(C)c3cnc4ccccc4c3)CC2)nc1. The van der Waals surface area contributed by atoms with Gasteiger partial charge < -0.3 is 10.2 Å². The average Bonchev–Trinajstić information content (AvgIpc) is 2.73. The highest BCUT2D eigenvalue weighted by Crippen LogP contribution is 2.24. The van der Waals surface area contributed by atoms with Gasteiger partial charge in [-0.25, -0.2) is 9.97 Å². The third kappa shape index (κ3) is 3.94. The number of anilines is 2. The van der Waals surface area contributed by atoms with Crippen LogP contribution >= 0.6 is 0 Å². The Morgan fingerprint density at radius 2 is 1.75 bits per heavy atom. The molecule has 0 saturated carbocycles. The summed E-state index contributed by atoms with van der Waals surface area (Å²) in [5.41, 5.74) is 2.89. The third-order valence-electron chi connectivity index (χ3n) is 5.20. The fourth-order valence-electron chi connectivity index (χ4n) is 3.59. The summed E-state index contributed by atoms with van der Waals surface area (Å²) in [7, 11) is 0. The molecule has 0 aliphatic carbocycles. The Labute approximate surface area is 164 Å². The number of nitrogens with one attached hydrogen (secondary N) is 1. The molecule has 1 amide bonds. The van der Waals surface area contributed by atoms with Crippen LogP contribution < -0.4 is 10.2 Å². The molecule has 3 heterocycles. The third-order valence-corrected chi connectivity index (χ3v) is 5.20. The van der Waals surface area contributed by atoms with Crippen LogP contribution in [-0.4, -0.2) is 51.9 Å². The van der Waals surface area contributed by atoms with Gasteiger partial charge in [-0.1, -0.05) is 18.2 Å². The van der Waals surface area contributed by atoms with E-state index in [1.54, 1.807) is 12.4 Å². The molecule has 1 fully saturated rings. The molecule has 4 rings (SSSR count). The van der Waals surface area contributed by atoms with Gasteiger partial charge in [0.25, 0.3) is 0 Å². The first-order chi connectivity index (χ1) is 13.6. The van der Waals surface area contributed by atoms with Crippen molar-refractivity contribution in [3.8, 4) is 0 Å². The molecule has 0 bridgehead atoms. The minimum atomic E-state index is -0.123. The Morgan fingerprint density at radius 3 is 2.46 bits per heavy atom. The molecular formula is C21H24N6O. The van der Waals surface area contributed by atoms with Crippen LogP contribution in [0.1, 0.15) is 25.5 Å². The number of pyridine rings is 1. The zero-order valence-corrected chi connectivity index (χ0v) is 16.2. The van der Waals surface area contributed by atoms with E-state index >= 15 is 0 Å². The van der Waals surface area contributed by atoms with Crippen molar-refractivity contribution in [2.45, 2.75) is 19.9 Å². The van der Waals surface area contributed by atoms with E-state index in [0.717, 1.165) is 31.7 Å². The quantitative estimate of drug-likeness (QED) is 0.755. The molecule has 0 radical (unpaired) electrons. The number of hydrogen-bond acceptors (Lipinski definition) is 6. The maximum atomic E-state index is 11.1. The van der Waals surface area contributed by atoms with Gasteiger partial charge in [-0.05, 0) is 24.6 Å². The maximum Gasteiger partial charge on any atom is 0.225 e. The Balaban J connectivity index is 1.39. The first-order valence-electron chi connectivity index (χ1n) is 9.53.